The highest BCUT2D eigenvalue weighted by molar-refractivity contribution is 6.35. The first-order chi connectivity index (χ1) is 11.5. The molecule has 0 spiro atoms. The molecule has 1 aromatic carbocycles. The molecule has 0 aliphatic carbocycles. The van der Waals surface area contributed by atoms with Gasteiger partial charge >= 0.3 is 0 Å². The highest BCUT2D eigenvalue weighted by atomic mass is 35.5. The van der Waals surface area contributed by atoms with Gasteiger partial charge in [0.2, 0.25) is 11.8 Å². The van der Waals surface area contributed by atoms with Crippen molar-refractivity contribution in [1.29, 1.82) is 0 Å². The molecule has 0 saturated carbocycles. The number of furan rings is 1. The van der Waals surface area contributed by atoms with Crippen LogP contribution in [0.2, 0.25) is 10.0 Å². The van der Waals surface area contributed by atoms with E-state index >= 15 is 0 Å². The number of rotatable bonds is 5. The van der Waals surface area contributed by atoms with Gasteiger partial charge in [-0.25, -0.2) is 0 Å². The van der Waals surface area contributed by atoms with Crippen molar-refractivity contribution in [3.8, 4) is 0 Å². The van der Waals surface area contributed by atoms with E-state index in [4.69, 9.17) is 27.6 Å². The maximum Gasteiger partial charge on any atom is 0.225 e. The number of hydrogen-bond acceptors (Lipinski definition) is 3. The Hall–Kier alpha value is -1.98. The summed E-state index contributed by atoms with van der Waals surface area (Å²) in [6.07, 6.45) is 1.77. The van der Waals surface area contributed by atoms with Crippen LogP contribution < -0.4 is 5.32 Å². The van der Waals surface area contributed by atoms with E-state index in [-0.39, 0.29) is 24.2 Å². The molecule has 1 aromatic heterocycles. The van der Waals surface area contributed by atoms with Crippen molar-refractivity contribution >= 4 is 35.0 Å². The Kier molecular flexibility index (Phi) is 5.11. The Labute approximate surface area is 149 Å². The fraction of sp³-hybridized carbons (Fsp3) is 0.294. The van der Waals surface area contributed by atoms with Crippen molar-refractivity contribution in [2.24, 2.45) is 5.92 Å². The number of carbonyl (C=O) groups is 2. The average Bonchev–Trinajstić information content (AvgIpc) is 3.17. The van der Waals surface area contributed by atoms with Crippen LogP contribution in [0.15, 0.2) is 41.0 Å². The zero-order valence-corrected chi connectivity index (χ0v) is 14.3. The monoisotopic (exact) mass is 366 g/mol. The molecule has 0 bridgehead atoms. The van der Waals surface area contributed by atoms with E-state index < -0.39 is 0 Å². The third-order valence-electron chi connectivity index (χ3n) is 3.98. The Morgan fingerprint density at radius 2 is 2.17 bits per heavy atom. The summed E-state index contributed by atoms with van der Waals surface area (Å²) in [4.78, 5) is 26.0. The number of carbonyl (C=O) groups excluding carboxylic acids is 2. The second kappa shape index (κ2) is 7.28. The molecule has 126 valence electrons. The molecular formula is C17H16Cl2N2O3. The molecule has 7 heteroatoms. The van der Waals surface area contributed by atoms with Crippen LogP contribution in [-0.2, 0) is 22.7 Å². The van der Waals surface area contributed by atoms with Crippen molar-refractivity contribution in [3.63, 3.8) is 0 Å². The van der Waals surface area contributed by atoms with E-state index in [2.05, 4.69) is 5.32 Å². The number of nitrogens with one attached hydrogen (secondary N) is 1. The van der Waals surface area contributed by atoms with Crippen molar-refractivity contribution < 1.29 is 14.0 Å². The van der Waals surface area contributed by atoms with Crippen LogP contribution in [0.25, 0.3) is 0 Å². The largest absolute Gasteiger partial charge is 0.467 e. The Morgan fingerprint density at radius 3 is 2.88 bits per heavy atom. The normalized spacial score (nSPS) is 17.3. The topological polar surface area (TPSA) is 62.6 Å². The summed E-state index contributed by atoms with van der Waals surface area (Å²) in [6, 6.07) is 8.71. The summed E-state index contributed by atoms with van der Waals surface area (Å²) in [7, 11) is 0. The van der Waals surface area contributed by atoms with Crippen molar-refractivity contribution in [2.75, 3.05) is 6.54 Å². The predicted molar refractivity (Wildman–Crippen MR) is 90.5 cm³/mol. The second-order valence-corrected chi connectivity index (χ2v) is 6.55. The van der Waals surface area contributed by atoms with E-state index in [0.717, 1.165) is 5.56 Å². The molecule has 1 aliphatic heterocycles. The fourth-order valence-corrected chi connectivity index (χ4v) is 3.16. The molecule has 1 aliphatic rings. The van der Waals surface area contributed by atoms with Crippen molar-refractivity contribution in [3.05, 3.63) is 58.0 Å². The fourth-order valence-electron chi connectivity index (χ4n) is 2.68. The van der Waals surface area contributed by atoms with Crippen LogP contribution in [-0.4, -0.2) is 23.3 Å². The van der Waals surface area contributed by atoms with Crippen LogP contribution in [0.5, 0.6) is 0 Å². The van der Waals surface area contributed by atoms with Gasteiger partial charge < -0.3 is 14.6 Å². The smallest absolute Gasteiger partial charge is 0.225 e. The van der Waals surface area contributed by atoms with Gasteiger partial charge in [-0.3, -0.25) is 9.59 Å². The summed E-state index contributed by atoms with van der Waals surface area (Å²) in [5.74, 6) is 0.142. The third kappa shape index (κ3) is 3.91. The molecule has 1 fully saturated rings. The van der Waals surface area contributed by atoms with Crippen LogP contribution in [0, 0.1) is 5.92 Å². The van der Waals surface area contributed by atoms with Crippen LogP contribution in [0.3, 0.4) is 0 Å². The Morgan fingerprint density at radius 1 is 1.33 bits per heavy atom. The quantitative estimate of drug-likeness (QED) is 0.883. The van der Waals surface area contributed by atoms with Gasteiger partial charge in [0.25, 0.3) is 0 Å². The molecule has 3 rings (SSSR count). The van der Waals surface area contributed by atoms with Gasteiger partial charge in [0.1, 0.15) is 5.76 Å². The number of benzene rings is 1. The number of likely N-dealkylation sites (tertiary alicyclic amines) is 1. The molecule has 1 N–H and O–H groups in total. The standard InChI is InChI=1S/C17H16Cl2N2O3/c18-13-4-3-11(15(19)7-13)8-20-17(23)12-6-16(22)21(9-12)10-14-2-1-5-24-14/h1-5,7,12H,6,8-10H2,(H,20,23)/t12-/m1/s1. The van der Waals surface area contributed by atoms with E-state index in [1.165, 1.54) is 0 Å². The van der Waals surface area contributed by atoms with E-state index in [1.54, 1.807) is 35.4 Å². The first-order valence-electron chi connectivity index (χ1n) is 7.54. The average molecular weight is 367 g/mol. The molecule has 24 heavy (non-hydrogen) atoms. The maximum absolute atomic E-state index is 12.3. The molecule has 0 radical (unpaired) electrons. The van der Waals surface area contributed by atoms with Gasteiger partial charge in [-0.1, -0.05) is 29.3 Å². The zero-order valence-electron chi connectivity index (χ0n) is 12.8. The van der Waals surface area contributed by atoms with E-state index in [0.29, 0.717) is 35.4 Å². The van der Waals surface area contributed by atoms with Crippen LogP contribution >= 0.6 is 23.2 Å². The Bertz CT molecular complexity index is 746. The Balaban J connectivity index is 1.55. The van der Waals surface area contributed by atoms with Gasteiger partial charge in [0.15, 0.2) is 0 Å². The molecule has 2 amide bonds. The molecule has 1 atom stereocenters. The summed E-state index contributed by atoms with van der Waals surface area (Å²) < 4.78 is 5.25. The number of nitrogens with zero attached hydrogens (tertiary/aromatic N) is 1. The molecule has 0 unspecified atom stereocenters. The van der Waals surface area contributed by atoms with Gasteiger partial charge in [-0.05, 0) is 29.8 Å². The molecule has 1 saturated heterocycles. The minimum absolute atomic E-state index is 0.0453. The lowest BCUT2D eigenvalue weighted by molar-refractivity contribution is -0.129. The molecule has 2 heterocycles. The lowest BCUT2D eigenvalue weighted by atomic mass is 10.1. The van der Waals surface area contributed by atoms with E-state index in [9.17, 15) is 9.59 Å². The van der Waals surface area contributed by atoms with Crippen LogP contribution in [0.4, 0.5) is 0 Å². The lowest BCUT2D eigenvalue weighted by Gasteiger charge is -2.15. The predicted octanol–water partition coefficient (Wildman–Crippen LogP) is 3.25. The third-order valence-corrected chi connectivity index (χ3v) is 4.57. The summed E-state index contributed by atoms with van der Waals surface area (Å²) in [5, 5.41) is 3.88. The highest BCUT2D eigenvalue weighted by Gasteiger charge is 2.34. The highest BCUT2D eigenvalue weighted by Crippen LogP contribution is 2.23. The maximum atomic E-state index is 12.3. The van der Waals surface area contributed by atoms with Gasteiger partial charge in [0, 0.05) is 29.6 Å². The SMILES string of the molecule is O=C(NCc1ccc(Cl)cc1Cl)[C@@H]1CC(=O)N(Cc2ccco2)C1. The van der Waals surface area contributed by atoms with Gasteiger partial charge in [-0.2, -0.15) is 0 Å². The molecular weight excluding hydrogens is 351 g/mol. The van der Waals surface area contributed by atoms with Gasteiger partial charge in [0.05, 0.1) is 18.7 Å². The first-order valence-corrected chi connectivity index (χ1v) is 8.30. The number of amides is 2. The summed E-state index contributed by atoms with van der Waals surface area (Å²) >= 11 is 11.9. The van der Waals surface area contributed by atoms with Crippen LogP contribution in [0.1, 0.15) is 17.7 Å². The van der Waals surface area contributed by atoms with Gasteiger partial charge in [-0.15, -0.1) is 0 Å². The minimum Gasteiger partial charge on any atom is -0.467 e. The molecule has 5 nitrogen and oxygen atoms in total. The minimum atomic E-state index is -0.362. The summed E-state index contributed by atoms with van der Waals surface area (Å²) in [6.45, 7) is 1.08. The van der Waals surface area contributed by atoms with Crippen molar-refractivity contribution in [2.45, 2.75) is 19.5 Å². The lowest BCUT2D eigenvalue weighted by Crippen LogP contribution is -2.32. The first kappa shape index (κ1) is 16.9. The molecule has 2 aromatic rings. The number of hydrogen-bond donors (Lipinski definition) is 1. The zero-order chi connectivity index (χ0) is 17.1. The second-order valence-electron chi connectivity index (χ2n) is 5.71. The summed E-state index contributed by atoms with van der Waals surface area (Å²) in [5.41, 5.74) is 0.784. The van der Waals surface area contributed by atoms with E-state index in [1.807, 2.05) is 6.07 Å². The van der Waals surface area contributed by atoms with Crippen molar-refractivity contribution in [1.82, 2.24) is 10.2 Å². The number of halogens is 2.